The zero-order valence-corrected chi connectivity index (χ0v) is 19.4. The van der Waals surface area contributed by atoms with Gasteiger partial charge in [0.2, 0.25) is 11.8 Å². The lowest BCUT2D eigenvalue weighted by Crippen LogP contribution is -2.47. The molecule has 1 atom stereocenters. The zero-order valence-electron chi connectivity index (χ0n) is 18.7. The lowest BCUT2D eigenvalue weighted by Gasteiger charge is -2.33. The number of methoxy groups -OCH3 is 2. The number of rotatable bonds is 9. The summed E-state index contributed by atoms with van der Waals surface area (Å²) in [5.74, 6) is 0.715. The van der Waals surface area contributed by atoms with E-state index in [4.69, 9.17) is 21.1 Å². The van der Waals surface area contributed by atoms with Crippen molar-refractivity contribution < 1.29 is 19.1 Å². The van der Waals surface area contributed by atoms with E-state index in [-0.39, 0.29) is 30.3 Å². The van der Waals surface area contributed by atoms with E-state index in [1.54, 1.807) is 31.3 Å². The Bertz CT molecular complexity index is 880. The maximum atomic E-state index is 13.5. The van der Waals surface area contributed by atoms with E-state index in [9.17, 15) is 9.59 Å². The Kier molecular flexibility index (Phi) is 8.80. The second kappa shape index (κ2) is 11.8. The van der Waals surface area contributed by atoms with Crippen LogP contribution in [0.5, 0.6) is 11.5 Å². The van der Waals surface area contributed by atoms with Gasteiger partial charge in [0.15, 0.2) is 0 Å². The molecule has 1 saturated carbocycles. The van der Waals surface area contributed by atoms with E-state index in [0.717, 1.165) is 37.0 Å². The van der Waals surface area contributed by atoms with Gasteiger partial charge < -0.3 is 19.7 Å². The quantitative estimate of drug-likeness (QED) is 0.563. The van der Waals surface area contributed by atoms with Crippen LogP contribution < -0.4 is 14.8 Å². The molecule has 1 fully saturated rings. The van der Waals surface area contributed by atoms with Crippen molar-refractivity contribution in [2.24, 2.45) is 0 Å². The number of amides is 2. The lowest BCUT2D eigenvalue weighted by molar-refractivity contribution is -0.140. The number of nitrogens with zero attached hydrogens (tertiary/aromatic N) is 1. The highest BCUT2D eigenvalue weighted by Gasteiger charge is 2.32. The molecule has 1 aliphatic carbocycles. The fraction of sp³-hybridized carbons (Fsp3) is 0.440. The average Bonchev–Trinajstić information content (AvgIpc) is 2.84. The second-order valence-corrected chi connectivity index (χ2v) is 8.29. The predicted octanol–water partition coefficient (Wildman–Crippen LogP) is 4.46. The second-order valence-electron chi connectivity index (χ2n) is 8.02. The van der Waals surface area contributed by atoms with Gasteiger partial charge in [-0.1, -0.05) is 43.5 Å². The summed E-state index contributed by atoms with van der Waals surface area (Å²) in [6.07, 6.45) is 5.33. The molecule has 0 aromatic heterocycles. The number of benzene rings is 2. The van der Waals surface area contributed by atoms with Crippen molar-refractivity contribution in [1.82, 2.24) is 10.2 Å². The number of nitrogens with one attached hydrogen (secondary N) is 1. The van der Waals surface area contributed by atoms with E-state index in [1.165, 1.54) is 6.42 Å². The maximum absolute atomic E-state index is 13.5. The summed E-state index contributed by atoms with van der Waals surface area (Å²) in [6, 6.07) is 14.0. The van der Waals surface area contributed by atoms with Crippen molar-refractivity contribution in [1.29, 1.82) is 0 Å². The smallest absolute Gasteiger partial charge is 0.247 e. The number of hydrogen-bond acceptors (Lipinski definition) is 4. The molecule has 0 heterocycles. The number of hydrogen-bond donors (Lipinski definition) is 1. The molecule has 2 aromatic carbocycles. The molecule has 0 bridgehead atoms. The van der Waals surface area contributed by atoms with E-state index >= 15 is 0 Å². The summed E-state index contributed by atoms with van der Waals surface area (Å²) in [5.41, 5.74) is 1.60. The zero-order chi connectivity index (χ0) is 22.9. The van der Waals surface area contributed by atoms with E-state index < -0.39 is 6.04 Å². The fourth-order valence-corrected chi connectivity index (χ4v) is 4.27. The molecule has 2 amide bonds. The number of alkyl halides is 1. The third-order valence-electron chi connectivity index (χ3n) is 5.89. The lowest BCUT2D eigenvalue weighted by atomic mass is 9.94. The molecular weight excluding hydrogens is 428 g/mol. The molecule has 172 valence electrons. The molecule has 0 saturated heterocycles. The van der Waals surface area contributed by atoms with E-state index in [0.29, 0.717) is 11.3 Å². The summed E-state index contributed by atoms with van der Waals surface area (Å²) in [6.45, 7) is 0.254. The number of carbonyl (C=O) groups is 2. The molecule has 3 rings (SSSR count). The van der Waals surface area contributed by atoms with Gasteiger partial charge in [0.25, 0.3) is 0 Å². The Morgan fingerprint density at radius 2 is 1.53 bits per heavy atom. The molecule has 7 heteroatoms. The first-order valence-electron chi connectivity index (χ1n) is 11.0. The third kappa shape index (κ3) is 6.16. The Hall–Kier alpha value is -2.73. The van der Waals surface area contributed by atoms with Crippen LogP contribution in [0.4, 0.5) is 0 Å². The summed E-state index contributed by atoms with van der Waals surface area (Å²) < 4.78 is 10.5. The molecule has 6 nitrogen and oxygen atoms in total. The van der Waals surface area contributed by atoms with Crippen molar-refractivity contribution in [3.63, 3.8) is 0 Å². The Morgan fingerprint density at radius 1 is 0.969 bits per heavy atom. The fourth-order valence-electron chi connectivity index (χ4n) is 4.11. The number of halogens is 1. The summed E-state index contributed by atoms with van der Waals surface area (Å²) >= 11 is 5.97. The predicted molar refractivity (Wildman–Crippen MR) is 125 cm³/mol. The highest BCUT2D eigenvalue weighted by atomic mass is 35.5. The number of ether oxygens (including phenoxy) is 2. The summed E-state index contributed by atoms with van der Waals surface area (Å²) in [5, 5.41) is 3.18. The molecule has 2 aromatic rings. The van der Waals surface area contributed by atoms with Gasteiger partial charge in [-0.3, -0.25) is 9.59 Å². The van der Waals surface area contributed by atoms with Crippen LogP contribution in [0, 0.1) is 0 Å². The van der Waals surface area contributed by atoms with Crippen LogP contribution >= 0.6 is 11.6 Å². The molecule has 1 aliphatic rings. The van der Waals surface area contributed by atoms with Crippen LogP contribution in [0.3, 0.4) is 0 Å². The van der Waals surface area contributed by atoms with Crippen molar-refractivity contribution >= 4 is 23.4 Å². The average molecular weight is 459 g/mol. The molecule has 1 N–H and O–H groups in total. The van der Waals surface area contributed by atoms with Gasteiger partial charge in [-0.2, -0.15) is 0 Å². The summed E-state index contributed by atoms with van der Waals surface area (Å²) in [7, 11) is 3.20. The number of carbonyl (C=O) groups excluding carboxylic acids is 2. The Morgan fingerprint density at radius 3 is 2.06 bits per heavy atom. The van der Waals surface area contributed by atoms with Crippen LogP contribution in [0.2, 0.25) is 0 Å². The minimum atomic E-state index is -0.795. The van der Waals surface area contributed by atoms with E-state index in [1.807, 2.05) is 36.4 Å². The molecule has 0 radical (unpaired) electrons. The standard InChI is InChI=1S/C25H31ClN2O4/c1-31-21-12-8-18(9-13-21)17-28(23(29)16-26)24(19-10-14-22(32-2)15-11-19)25(30)27-20-6-4-3-5-7-20/h8-15,20,24H,3-7,16-17H2,1-2H3,(H,27,30)/t24-/m0/s1. The highest BCUT2D eigenvalue weighted by molar-refractivity contribution is 6.27. The first-order chi connectivity index (χ1) is 15.5. The van der Waals surface area contributed by atoms with Gasteiger partial charge in [-0.05, 0) is 48.2 Å². The first-order valence-corrected chi connectivity index (χ1v) is 11.5. The Balaban J connectivity index is 1.92. The molecule has 0 spiro atoms. The Labute approximate surface area is 194 Å². The van der Waals surface area contributed by atoms with Crippen molar-refractivity contribution in [2.75, 3.05) is 20.1 Å². The minimum Gasteiger partial charge on any atom is -0.497 e. The van der Waals surface area contributed by atoms with Gasteiger partial charge in [0, 0.05) is 12.6 Å². The molecule has 0 unspecified atom stereocenters. The topological polar surface area (TPSA) is 67.9 Å². The maximum Gasteiger partial charge on any atom is 0.247 e. The molecule has 32 heavy (non-hydrogen) atoms. The van der Waals surface area contributed by atoms with Crippen LogP contribution in [0.25, 0.3) is 0 Å². The first kappa shape index (κ1) is 23.9. The van der Waals surface area contributed by atoms with Crippen LogP contribution in [0.1, 0.15) is 49.3 Å². The van der Waals surface area contributed by atoms with Crippen LogP contribution in [-0.4, -0.2) is 42.9 Å². The van der Waals surface area contributed by atoms with Crippen molar-refractivity contribution in [2.45, 2.75) is 50.7 Å². The normalized spacial score (nSPS) is 15.0. The largest absolute Gasteiger partial charge is 0.497 e. The van der Waals surface area contributed by atoms with Crippen LogP contribution in [-0.2, 0) is 16.1 Å². The third-order valence-corrected chi connectivity index (χ3v) is 6.12. The monoisotopic (exact) mass is 458 g/mol. The van der Waals surface area contributed by atoms with Crippen LogP contribution in [0.15, 0.2) is 48.5 Å². The van der Waals surface area contributed by atoms with Gasteiger partial charge in [-0.15, -0.1) is 11.6 Å². The van der Waals surface area contributed by atoms with Gasteiger partial charge in [0.1, 0.15) is 23.4 Å². The van der Waals surface area contributed by atoms with Gasteiger partial charge in [-0.25, -0.2) is 0 Å². The SMILES string of the molecule is COc1ccc(CN(C(=O)CCl)[C@H](C(=O)NC2CCCCC2)c2ccc(OC)cc2)cc1. The highest BCUT2D eigenvalue weighted by Crippen LogP contribution is 2.28. The minimum absolute atomic E-state index is 0.130. The van der Waals surface area contributed by atoms with Gasteiger partial charge >= 0.3 is 0 Å². The van der Waals surface area contributed by atoms with Crippen molar-refractivity contribution in [3.8, 4) is 11.5 Å². The van der Waals surface area contributed by atoms with Crippen molar-refractivity contribution in [3.05, 3.63) is 59.7 Å². The van der Waals surface area contributed by atoms with Gasteiger partial charge in [0.05, 0.1) is 14.2 Å². The molecular formula is C25H31ClN2O4. The van der Waals surface area contributed by atoms with E-state index in [2.05, 4.69) is 5.32 Å². The molecule has 0 aliphatic heterocycles. The summed E-state index contributed by atoms with van der Waals surface area (Å²) in [4.78, 5) is 28.0.